The molecule has 0 fully saturated rings. The van der Waals surface area contributed by atoms with Gasteiger partial charge in [-0.05, 0) is 24.3 Å². The van der Waals surface area contributed by atoms with E-state index in [1.807, 2.05) is 10.6 Å². The minimum atomic E-state index is -0.418. The van der Waals surface area contributed by atoms with Gasteiger partial charge in [-0.25, -0.2) is 0 Å². The topological polar surface area (TPSA) is 122 Å². The van der Waals surface area contributed by atoms with Gasteiger partial charge in [-0.1, -0.05) is 11.8 Å². The summed E-state index contributed by atoms with van der Waals surface area (Å²) in [6.45, 7) is 0.385. The first kappa shape index (κ1) is 21.4. The van der Waals surface area contributed by atoms with E-state index in [1.54, 1.807) is 37.6 Å². The Labute approximate surface area is 177 Å². The lowest BCUT2D eigenvalue weighted by atomic mass is 10.1. The van der Waals surface area contributed by atoms with Crippen molar-refractivity contribution in [2.24, 2.45) is 5.73 Å². The van der Waals surface area contributed by atoms with Crippen LogP contribution in [0.3, 0.4) is 0 Å². The van der Waals surface area contributed by atoms with Crippen LogP contribution in [0, 0.1) is 0 Å². The van der Waals surface area contributed by atoms with E-state index in [4.69, 9.17) is 19.6 Å². The first-order valence-corrected chi connectivity index (χ1v) is 10.1. The van der Waals surface area contributed by atoms with Crippen molar-refractivity contribution in [1.29, 1.82) is 0 Å². The zero-order valence-electron chi connectivity index (χ0n) is 16.7. The summed E-state index contributed by atoms with van der Waals surface area (Å²) in [5.74, 6) is 1.95. The second kappa shape index (κ2) is 9.97. The second-order valence-electron chi connectivity index (χ2n) is 6.31. The highest BCUT2D eigenvalue weighted by molar-refractivity contribution is 7.99. The number of hydrogen-bond donors (Lipinski definition) is 1. The summed E-state index contributed by atoms with van der Waals surface area (Å²) >= 11 is 1.25. The average Bonchev–Trinajstić information content (AvgIpc) is 3.40. The lowest BCUT2D eigenvalue weighted by Gasteiger charge is -2.10. The predicted octanol–water partition coefficient (Wildman–Crippen LogP) is 2.33. The number of aryl methyl sites for hydroxylation is 1. The average molecular weight is 430 g/mol. The second-order valence-corrected chi connectivity index (χ2v) is 7.25. The normalized spacial score (nSPS) is 10.7. The Morgan fingerprint density at radius 1 is 1.20 bits per heavy atom. The van der Waals surface area contributed by atoms with Gasteiger partial charge in [-0.15, -0.1) is 10.2 Å². The molecule has 0 aliphatic heterocycles. The monoisotopic (exact) mass is 430 g/mol. The standard InChI is InChI=1S/C20H22N4O5S/c1-27-13-5-6-15(17(10-13)28-2)16(25)12-30-20-23-22-19(8-7-18(21)26)24(20)11-14-4-3-9-29-14/h3-6,9-10H,7-8,11-12H2,1-2H3,(H2,21,26). The molecule has 0 radical (unpaired) electrons. The number of nitrogens with two attached hydrogens (primary N) is 1. The molecule has 3 aromatic rings. The SMILES string of the molecule is COc1ccc(C(=O)CSc2nnc(CCC(N)=O)n2Cc2ccco2)c(OC)c1. The van der Waals surface area contributed by atoms with Crippen LogP contribution in [0.2, 0.25) is 0 Å². The molecular weight excluding hydrogens is 408 g/mol. The number of nitrogens with zero attached hydrogens (tertiary/aromatic N) is 3. The highest BCUT2D eigenvalue weighted by Gasteiger charge is 2.18. The number of ketones is 1. The molecular formula is C20H22N4O5S. The third-order valence-corrected chi connectivity index (χ3v) is 5.29. The number of methoxy groups -OCH3 is 2. The Morgan fingerprint density at radius 3 is 2.70 bits per heavy atom. The maximum atomic E-state index is 12.8. The lowest BCUT2D eigenvalue weighted by molar-refractivity contribution is -0.118. The Balaban J connectivity index is 1.77. The van der Waals surface area contributed by atoms with Gasteiger partial charge >= 0.3 is 0 Å². The predicted molar refractivity (Wildman–Crippen MR) is 110 cm³/mol. The van der Waals surface area contributed by atoms with Crippen LogP contribution < -0.4 is 15.2 Å². The molecule has 0 unspecified atom stereocenters. The highest BCUT2D eigenvalue weighted by Crippen LogP contribution is 2.27. The number of furan rings is 1. The first-order chi connectivity index (χ1) is 14.5. The number of thioether (sulfide) groups is 1. The van der Waals surface area contributed by atoms with Crippen LogP contribution in [0.15, 0.2) is 46.2 Å². The Kier molecular flexibility index (Phi) is 7.12. The van der Waals surface area contributed by atoms with Gasteiger partial charge in [0.15, 0.2) is 10.9 Å². The van der Waals surface area contributed by atoms with E-state index in [2.05, 4.69) is 10.2 Å². The van der Waals surface area contributed by atoms with Crippen molar-refractivity contribution in [3.8, 4) is 11.5 Å². The van der Waals surface area contributed by atoms with Gasteiger partial charge in [0.1, 0.15) is 23.1 Å². The van der Waals surface area contributed by atoms with Crippen molar-refractivity contribution in [1.82, 2.24) is 14.8 Å². The van der Waals surface area contributed by atoms with Gasteiger partial charge in [0.05, 0.1) is 38.3 Å². The summed E-state index contributed by atoms with van der Waals surface area (Å²) in [5.41, 5.74) is 5.71. The van der Waals surface area contributed by atoms with Crippen LogP contribution in [0.1, 0.15) is 28.4 Å². The Morgan fingerprint density at radius 2 is 2.03 bits per heavy atom. The summed E-state index contributed by atoms with van der Waals surface area (Å²) in [6, 6.07) is 8.67. The third-order valence-electron chi connectivity index (χ3n) is 4.32. The van der Waals surface area contributed by atoms with Crippen LogP contribution in [-0.2, 0) is 17.8 Å². The van der Waals surface area contributed by atoms with E-state index < -0.39 is 5.91 Å². The maximum Gasteiger partial charge on any atom is 0.217 e. The molecule has 0 spiro atoms. The number of ether oxygens (including phenoxy) is 2. The van der Waals surface area contributed by atoms with E-state index in [0.717, 1.165) is 0 Å². The minimum Gasteiger partial charge on any atom is -0.497 e. The smallest absolute Gasteiger partial charge is 0.217 e. The number of carbonyl (C=O) groups excluding carboxylic acids is 2. The molecule has 3 rings (SSSR count). The van der Waals surface area contributed by atoms with Gasteiger partial charge in [0.25, 0.3) is 0 Å². The number of primary amides is 1. The largest absolute Gasteiger partial charge is 0.497 e. The molecule has 0 atom stereocenters. The lowest BCUT2D eigenvalue weighted by Crippen LogP contribution is -2.14. The van der Waals surface area contributed by atoms with Crippen molar-refractivity contribution in [2.75, 3.05) is 20.0 Å². The van der Waals surface area contributed by atoms with E-state index in [9.17, 15) is 9.59 Å². The third kappa shape index (κ3) is 5.20. The van der Waals surface area contributed by atoms with Gasteiger partial charge in [-0.3, -0.25) is 14.2 Å². The fourth-order valence-electron chi connectivity index (χ4n) is 2.80. The van der Waals surface area contributed by atoms with Crippen LogP contribution in [0.5, 0.6) is 11.5 Å². The van der Waals surface area contributed by atoms with Crippen molar-refractivity contribution < 1.29 is 23.5 Å². The number of aromatic nitrogens is 3. The van der Waals surface area contributed by atoms with Crippen LogP contribution >= 0.6 is 11.8 Å². The number of carbonyl (C=O) groups is 2. The fraction of sp³-hybridized carbons (Fsp3) is 0.300. The maximum absolute atomic E-state index is 12.8. The van der Waals surface area contributed by atoms with E-state index in [-0.39, 0.29) is 18.0 Å². The molecule has 30 heavy (non-hydrogen) atoms. The molecule has 2 N–H and O–H groups in total. The van der Waals surface area contributed by atoms with Gasteiger partial charge < -0.3 is 19.6 Å². The summed E-state index contributed by atoms with van der Waals surface area (Å²) in [5, 5.41) is 8.90. The summed E-state index contributed by atoms with van der Waals surface area (Å²) in [7, 11) is 3.05. The van der Waals surface area contributed by atoms with Crippen LogP contribution in [0.4, 0.5) is 0 Å². The van der Waals surface area contributed by atoms with Gasteiger partial charge in [0, 0.05) is 18.9 Å². The zero-order valence-corrected chi connectivity index (χ0v) is 17.5. The zero-order chi connectivity index (χ0) is 21.5. The highest BCUT2D eigenvalue weighted by atomic mass is 32.2. The number of rotatable bonds is 11. The number of amides is 1. The molecule has 2 aromatic heterocycles. The molecule has 1 aromatic carbocycles. The molecule has 2 heterocycles. The van der Waals surface area contributed by atoms with Gasteiger partial charge in [-0.2, -0.15) is 0 Å². The molecule has 0 saturated carbocycles. The Hall–Kier alpha value is -3.27. The van der Waals surface area contributed by atoms with E-state index >= 15 is 0 Å². The molecule has 10 heteroatoms. The Bertz CT molecular complexity index is 1020. The molecule has 0 bridgehead atoms. The summed E-state index contributed by atoms with van der Waals surface area (Å²) in [6.07, 6.45) is 2.09. The summed E-state index contributed by atoms with van der Waals surface area (Å²) in [4.78, 5) is 23.9. The van der Waals surface area contributed by atoms with Crippen molar-refractivity contribution in [2.45, 2.75) is 24.5 Å². The molecule has 0 aliphatic carbocycles. The number of hydrogen-bond acceptors (Lipinski definition) is 8. The van der Waals surface area contributed by atoms with Crippen molar-refractivity contribution >= 4 is 23.5 Å². The molecule has 0 aliphatic rings. The summed E-state index contributed by atoms with van der Waals surface area (Å²) < 4.78 is 17.7. The van der Waals surface area contributed by atoms with Crippen LogP contribution in [-0.4, -0.2) is 46.4 Å². The minimum absolute atomic E-state index is 0.120. The molecule has 1 amide bonds. The first-order valence-electron chi connectivity index (χ1n) is 9.12. The van der Waals surface area contributed by atoms with Crippen LogP contribution in [0.25, 0.3) is 0 Å². The van der Waals surface area contributed by atoms with Crippen molar-refractivity contribution in [3.05, 3.63) is 53.7 Å². The number of Topliss-reactive ketones (excluding diaryl/α,β-unsaturated/α-hetero) is 1. The molecule has 0 saturated heterocycles. The van der Waals surface area contributed by atoms with Crippen molar-refractivity contribution in [3.63, 3.8) is 0 Å². The fourth-order valence-corrected chi connectivity index (χ4v) is 3.64. The molecule has 158 valence electrons. The number of benzene rings is 1. The van der Waals surface area contributed by atoms with Gasteiger partial charge in [0.2, 0.25) is 5.91 Å². The van der Waals surface area contributed by atoms with E-state index in [0.29, 0.717) is 46.8 Å². The quantitative estimate of drug-likeness (QED) is 0.363. The van der Waals surface area contributed by atoms with E-state index in [1.165, 1.54) is 18.9 Å². The molecule has 9 nitrogen and oxygen atoms in total.